The second kappa shape index (κ2) is 11.6. The molecule has 0 fully saturated rings. The van der Waals surface area contributed by atoms with Crippen LogP contribution >= 0.6 is 0 Å². The smallest absolute Gasteiger partial charge is 0.416 e. The minimum Gasteiger partial charge on any atom is -0.481 e. The summed E-state index contributed by atoms with van der Waals surface area (Å²) in [5.41, 5.74) is -1.81. The van der Waals surface area contributed by atoms with Crippen LogP contribution in [0.4, 0.5) is 49.5 Å². The molecular formula is C28H22F6N4O2. The molecule has 0 aliphatic heterocycles. The van der Waals surface area contributed by atoms with Crippen LogP contribution in [0.1, 0.15) is 22.3 Å². The molecule has 0 spiro atoms. The fraction of sp³-hybridized carbons (Fsp3) is 0.179. The van der Waals surface area contributed by atoms with Gasteiger partial charge in [0.15, 0.2) is 0 Å². The van der Waals surface area contributed by atoms with Crippen molar-refractivity contribution in [3.8, 4) is 0 Å². The highest BCUT2D eigenvalue weighted by Gasteiger charge is 2.37. The molecule has 0 saturated heterocycles. The number of nitrogens with zero attached hydrogens (tertiary/aromatic N) is 2. The highest BCUT2D eigenvalue weighted by molar-refractivity contribution is 5.72. The van der Waals surface area contributed by atoms with Gasteiger partial charge in [0.25, 0.3) is 0 Å². The molecular weight excluding hydrogens is 538 g/mol. The van der Waals surface area contributed by atoms with E-state index in [4.69, 9.17) is 0 Å². The van der Waals surface area contributed by atoms with Crippen molar-refractivity contribution in [2.75, 3.05) is 10.6 Å². The first-order valence-electron chi connectivity index (χ1n) is 11.9. The van der Waals surface area contributed by atoms with Gasteiger partial charge in [0.05, 0.1) is 17.0 Å². The van der Waals surface area contributed by atoms with Gasteiger partial charge >= 0.3 is 18.3 Å². The van der Waals surface area contributed by atoms with Crippen molar-refractivity contribution >= 4 is 29.1 Å². The Morgan fingerprint density at radius 2 is 1.30 bits per heavy atom. The van der Waals surface area contributed by atoms with Crippen LogP contribution in [-0.2, 0) is 30.0 Å². The van der Waals surface area contributed by atoms with E-state index in [-0.39, 0.29) is 24.3 Å². The molecule has 0 bridgehead atoms. The Balaban J connectivity index is 1.67. The van der Waals surface area contributed by atoms with Crippen molar-refractivity contribution in [3.63, 3.8) is 0 Å². The molecule has 1 atom stereocenters. The number of para-hydroxylation sites is 2. The van der Waals surface area contributed by atoms with Crippen LogP contribution in [-0.4, -0.2) is 21.0 Å². The van der Waals surface area contributed by atoms with Gasteiger partial charge in [0.2, 0.25) is 5.95 Å². The number of rotatable bonds is 9. The fourth-order valence-electron chi connectivity index (χ4n) is 3.97. The van der Waals surface area contributed by atoms with E-state index >= 15 is 0 Å². The molecule has 0 amide bonds. The summed E-state index contributed by atoms with van der Waals surface area (Å²) in [7, 11) is 0. The number of carbonyl (C=O) groups is 1. The maximum atomic E-state index is 13.3. The lowest BCUT2D eigenvalue weighted by Gasteiger charge is -2.18. The van der Waals surface area contributed by atoms with Crippen molar-refractivity contribution in [3.05, 3.63) is 107 Å². The maximum absolute atomic E-state index is 13.3. The summed E-state index contributed by atoms with van der Waals surface area (Å²) in [6.45, 7) is 0. The monoisotopic (exact) mass is 560 g/mol. The zero-order valence-electron chi connectivity index (χ0n) is 20.6. The fourth-order valence-corrected chi connectivity index (χ4v) is 3.97. The highest BCUT2D eigenvalue weighted by atomic mass is 19.4. The second-order valence-electron chi connectivity index (χ2n) is 8.91. The summed E-state index contributed by atoms with van der Waals surface area (Å²) in [6, 6.07) is 18.9. The summed E-state index contributed by atoms with van der Waals surface area (Å²) in [5.74, 6) is -2.36. The Hall–Kier alpha value is -4.61. The number of aromatic nitrogens is 2. The van der Waals surface area contributed by atoms with Gasteiger partial charge in [-0.05, 0) is 60.9 Å². The Labute approximate surface area is 224 Å². The third-order valence-electron chi connectivity index (χ3n) is 5.88. The van der Waals surface area contributed by atoms with Crippen LogP contribution < -0.4 is 10.6 Å². The summed E-state index contributed by atoms with van der Waals surface area (Å²) < 4.78 is 79.9. The number of nitrogens with one attached hydrogen (secondary N) is 2. The second-order valence-corrected chi connectivity index (χ2v) is 8.91. The van der Waals surface area contributed by atoms with Gasteiger partial charge in [-0.1, -0.05) is 36.4 Å². The summed E-state index contributed by atoms with van der Waals surface area (Å²) in [4.78, 5) is 20.8. The third kappa shape index (κ3) is 7.49. The van der Waals surface area contributed by atoms with Gasteiger partial charge in [0.1, 0.15) is 5.82 Å². The topological polar surface area (TPSA) is 87.1 Å². The number of alkyl halides is 6. The first-order valence-corrected chi connectivity index (χ1v) is 11.9. The molecule has 12 heteroatoms. The van der Waals surface area contributed by atoms with Gasteiger partial charge in [-0.3, -0.25) is 4.79 Å². The number of carboxylic acids is 1. The predicted octanol–water partition coefficient (Wildman–Crippen LogP) is 7.49. The van der Waals surface area contributed by atoms with Gasteiger partial charge in [-0.25, -0.2) is 4.98 Å². The molecule has 1 unspecified atom stereocenters. The molecule has 6 nitrogen and oxygen atoms in total. The zero-order valence-corrected chi connectivity index (χ0v) is 20.6. The van der Waals surface area contributed by atoms with Crippen LogP contribution in [0.5, 0.6) is 0 Å². The Morgan fingerprint density at radius 3 is 1.80 bits per heavy atom. The van der Waals surface area contributed by atoms with E-state index in [2.05, 4.69) is 20.6 Å². The van der Waals surface area contributed by atoms with Gasteiger partial charge in [-0.15, -0.1) is 0 Å². The van der Waals surface area contributed by atoms with E-state index in [0.29, 0.717) is 29.1 Å². The quantitative estimate of drug-likeness (QED) is 0.184. The highest BCUT2D eigenvalue weighted by Crippen LogP contribution is 2.37. The molecule has 1 heterocycles. The molecule has 0 aliphatic carbocycles. The largest absolute Gasteiger partial charge is 0.481 e. The molecule has 4 rings (SSSR count). The van der Waals surface area contributed by atoms with Crippen molar-refractivity contribution in [2.24, 2.45) is 5.92 Å². The lowest BCUT2D eigenvalue weighted by atomic mass is 9.91. The van der Waals surface area contributed by atoms with Crippen molar-refractivity contribution in [1.82, 2.24) is 9.97 Å². The first kappa shape index (κ1) is 28.4. The predicted molar refractivity (Wildman–Crippen MR) is 136 cm³/mol. The van der Waals surface area contributed by atoms with E-state index in [9.17, 15) is 36.2 Å². The third-order valence-corrected chi connectivity index (χ3v) is 5.88. The van der Waals surface area contributed by atoms with Gasteiger partial charge < -0.3 is 15.7 Å². The molecule has 40 heavy (non-hydrogen) atoms. The lowest BCUT2D eigenvalue weighted by molar-refractivity contribution is -0.143. The Kier molecular flexibility index (Phi) is 8.26. The molecule has 1 aromatic heterocycles. The van der Waals surface area contributed by atoms with Crippen molar-refractivity contribution in [1.29, 1.82) is 0 Å². The minimum atomic E-state index is -5.04. The Bertz CT molecular complexity index is 1430. The number of halogens is 6. The zero-order chi connectivity index (χ0) is 28.9. The molecule has 3 aromatic carbocycles. The molecule has 4 aromatic rings. The summed E-state index contributed by atoms with van der Waals surface area (Å²) in [5, 5.41) is 16.0. The minimum absolute atomic E-state index is 0.00740. The number of hydrogen-bond acceptors (Lipinski definition) is 5. The van der Waals surface area contributed by atoms with E-state index in [1.54, 1.807) is 54.6 Å². The van der Waals surface area contributed by atoms with Crippen LogP contribution in [0.25, 0.3) is 0 Å². The van der Waals surface area contributed by atoms with E-state index in [1.807, 2.05) is 6.07 Å². The number of hydrogen-bond donors (Lipinski definition) is 3. The van der Waals surface area contributed by atoms with Gasteiger partial charge in [-0.2, -0.15) is 31.3 Å². The van der Waals surface area contributed by atoms with Crippen LogP contribution in [0.3, 0.4) is 0 Å². The number of carboxylic acid groups (broad SMARTS) is 1. The van der Waals surface area contributed by atoms with E-state index in [1.165, 1.54) is 6.20 Å². The Morgan fingerprint density at radius 1 is 0.775 bits per heavy atom. The molecule has 3 N–H and O–H groups in total. The number of benzene rings is 3. The molecule has 0 radical (unpaired) electrons. The SMILES string of the molecule is O=C(O)C(Cc1cc(C(F)(F)F)cc(C(F)(F)F)c1)Cc1cnc(Nc2ccccc2)nc1Nc1ccccc1. The van der Waals surface area contributed by atoms with Crippen LogP contribution in [0.2, 0.25) is 0 Å². The summed E-state index contributed by atoms with van der Waals surface area (Å²) in [6.07, 6.45) is -9.58. The molecule has 0 saturated carbocycles. The van der Waals surface area contributed by atoms with Crippen LogP contribution in [0, 0.1) is 5.92 Å². The first-order chi connectivity index (χ1) is 18.9. The maximum Gasteiger partial charge on any atom is 0.416 e. The standard InChI is InChI=1S/C28H22F6N4O2/c29-27(30,31)20-12-17(13-21(15-20)28(32,33)34)11-18(25(39)40)14-19-16-35-26(37-23-9-5-2-6-10-23)38-24(19)36-22-7-3-1-4-8-22/h1-10,12-13,15-16,18H,11,14H2,(H,39,40)(H2,35,36,37,38). The van der Waals surface area contributed by atoms with Crippen molar-refractivity contribution < 1.29 is 36.2 Å². The summed E-state index contributed by atoms with van der Waals surface area (Å²) >= 11 is 0. The van der Waals surface area contributed by atoms with E-state index in [0.717, 1.165) is 0 Å². The average Bonchev–Trinajstić information content (AvgIpc) is 2.89. The molecule has 208 valence electrons. The lowest BCUT2D eigenvalue weighted by Crippen LogP contribution is -2.21. The number of aliphatic carboxylic acids is 1. The molecule has 0 aliphatic rings. The van der Waals surface area contributed by atoms with Crippen molar-refractivity contribution in [2.45, 2.75) is 25.2 Å². The van der Waals surface area contributed by atoms with Crippen LogP contribution in [0.15, 0.2) is 85.1 Å². The average molecular weight is 560 g/mol. The normalized spacial score (nSPS) is 12.6. The van der Waals surface area contributed by atoms with Gasteiger partial charge in [0, 0.05) is 23.1 Å². The van der Waals surface area contributed by atoms with E-state index < -0.39 is 47.4 Å². The number of anilines is 4.